The van der Waals surface area contributed by atoms with E-state index in [2.05, 4.69) is 19.9 Å². The van der Waals surface area contributed by atoms with Gasteiger partial charge in [0, 0.05) is 18.3 Å². The van der Waals surface area contributed by atoms with Crippen molar-refractivity contribution in [3.63, 3.8) is 0 Å². The van der Waals surface area contributed by atoms with Crippen LogP contribution < -0.4 is 0 Å². The van der Waals surface area contributed by atoms with Gasteiger partial charge in [-0.3, -0.25) is 4.79 Å². The van der Waals surface area contributed by atoms with Crippen molar-refractivity contribution >= 4 is 17.1 Å². The van der Waals surface area contributed by atoms with Crippen LogP contribution in [0.25, 0.3) is 5.57 Å². The van der Waals surface area contributed by atoms with Gasteiger partial charge in [0.25, 0.3) is 0 Å². The Morgan fingerprint density at radius 2 is 2.12 bits per heavy atom. The number of hydrogen-bond donors (Lipinski definition) is 0. The molecule has 1 aliphatic carbocycles. The Morgan fingerprint density at radius 1 is 1.34 bits per heavy atom. The van der Waals surface area contributed by atoms with E-state index in [4.69, 9.17) is 9.47 Å². The minimum Gasteiger partial charge on any atom is -0.378 e. The van der Waals surface area contributed by atoms with Gasteiger partial charge >= 0.3 is 0 Å². The van der Waals surface area contributed by atoms with E-state index in [9.17, 15) is 14.0 Å². The van der Waals surface area contributed by atoms with E-state index >= 15 is 0 Å². The van der Waals surface area contributed by atoms with Crippen LogP contribution in [0, 0.1) is 30.0 Å². The lowest BCUT2D eigenvalue weighted by Gasteiger charge is -2.43. The van der Waals surface area contributed by atoms with E-state index in [1.165, 1.54) is 11.6 Å². The van der Waals surface area contributed by atoms with E-state index in [-0.39, 0.29) is 47.3 Å². The molecule has 5 heteroatoms. The van der Waals surface area contributed by atoms with Crippen molar-refractivity contribution in [2.75, 3.05) is 19.8 Å². The number of carbonyl (C=O) groups is 2. The van der Waals surface area contributed by atoms with Crippen molar-refractivity contribution in [1.82, 2.24) is 0 Å². The third-order valence-corrected chi connectivity index (χ3v) is 7.20. The maximum Gasteiger partial charge on any atom is 0.159 e. The van der Waals surface area contributed by atoms with Crippen molar-refractivity contribution in [3.05, 3.63) is 41.2 Å². The Bertz CT molecular complexity index is 861. The van der Waals surface area contributed by atoms with Crippen LogP contribution in [0.15, 0.2) is 24.3 Å². The van der Waals surface area contributed by atoms with Gasteiger partial charge in [-0.1, -0.05) is 32.1 Å². The van der Waals surface area contributed by atoms with E-state index in [0.29, 0.717) is 31.6 Å². The molecule has 4 atom stereocenters. The van der Waals surface area contributed by atoms with Crippen LogP contribution in [0.1, 0.15) is 70.4 Å². The summed E-state index contributed by atoms with van der Waals surface area (Å²) in [5.74, 6) is 0.507. The summed E-state index contributed by atoms with van der Waals surface area (Å²) in [6.45, 7) is 8.96. The fraction of sp³-hybridized carbons (Fsp3) is 0.630. The number of hydrogen-bond acceptors (Lipinski definition) is 4. The molecule has 0 bridgehead atoms. The summed E-state index contributed by atoms with van der Waals surface area (Å²) in [7, 11) is 0. The highest BCUT2D eigenvalue weighted by Crippen LogP contribution is 2.42. The molecule has 1 saturated heterocycles. The van der Waals surface area contributed by atoms with Crippen LogP contribution in [0.5, 0.6) is 0 Å². The smallest absolute Gasteiger partial charge is 0.159 e. The molecule has 0 N–H and O–H groups in total. The van der Waals surface area contributed by atoms with Crippen molar-refractivity contribution in [3.8, 4) is 0 Å². The minimum atomic E-state index is -0.279. The van der Waals surface area contributed by atoms with Crippen molar-refractivity contribution in [1.29, 1.82) is 0 Å². The molecule has 0 spiro atoms. The number of halogens is 1. The molecule has 1 aliphatic heterocycles. The number of Topliss-reactive ketones (excluding diaryl/α,β-unsaturated/α-hetero) is 2. The van der Waals surface area contributed by atoms with E-state index in [0.717, 1.165) is 31.2 Å². The van der Waals surface area contributed by atoms with Crippen LogP contribution >= 0.6 is 0 Å². The van der Waals surface area contributed by atoms with Crippen molar-refractivity contribution in [2.24, 2.45) is 17.3 Å². The molecule has 1 heterocycles. The Balaban J connectivity index is 1.61. The van der Waals surface area contributed by atoms with Crippen LogP contribution in [-0.4, -0.2) is 37.5 Å². The molecule has 0 aromatic heterocycles. The van der Waals surface area contributed by atoms with Gasteiger partial charge in [0.2, 0.25) is 0 Å². The number of ether oxygens (including phenoxy) is 2. The zero-order valence-electron chi connectivity index (χ0n) is 19.9. The number of benzene rings is 1. The van der Waals surface area contributed by atoms with Gasteiger partial charge < -0.3 is 14.3 Å². The second-order valence-corrected chi connectivity index (χ2v) is 10.1. The SMILES string of the molecule is CC(=O)CC(C)CC1(C(C)COC2CC=C(c3cccc(F)c3C)CC2)COCC(=O)C1. The van der Waals surface area contributed by atoms with E-state index < -0.39 is 0 Å². The van der Waals surface area contributed by atoms with Gasteiger partial charge in [-0.15, -0.1) is 0 Å². The second kappa shape index (κ2) is 10.8. The first-order valence-corrected chi connectivity index (χ1v) is 11.8. The number of allylic oxidation sites excluding steroid dienone is 1. The van der Waals surface area contributed by atoms with Crippen LogP contribution in [0.4, 0.5) is 4.39 Å². The van der Waals surface area contributed by atoms with Crippen LogP contribution in [0.2, 0.25) is 0 Å². The molecule has 176 valence electrons. The summed E-state index contributed by atoms with van der Waals surface area (Å²) in [4.78, 5) is 23.8. The fourth-order valence-corrected chi connectivity index (χ4v) is 5.39. The molecule has 1 aromatic rings. The maximum atomic E-state index is 13.9. The van der Waals surface area contributed by atoms with Crippen molar-refractivity contribution < 1.29 is 23.5 Å². The molecule has 32 heavy (non-hydrogen) atoms. The van der Waals surface area contributed by atoms with Gasteiger partial charge in [-0.25, -0.2) is 4.39 Å². The third kappa shape index (κ3) is 6.14. The molecule has 4 unspecified atom stereocenters. The zero-order valence-corrected chi connectivity index (χ0v) is 19.9. The van der Waals surface area contributed by atoms with Gasteiger partial charge in [0.15, 0.2) is 5.78 Å². The summed E-state index contributed by atoms with van der Waals surface area (Å²) in [6, 6.07) is 5.25. The highest BCUT2D eigenvalue weighted by Gasteiger charge is 2.42. The van der Waals surface area contributed by atoms with Crippen molar-refractivity contribution in [2.45, 2.75) is 72.3 Å². The van der Waals surface area contributed by atoms with Gasteiger partial charge in [-0.2, -0.15) is 0 Å². The first-order chi connectivity index (χ1) is 15.2. The molecular weight excluding hydrogens is 407 g/mol. The van der Waals surface area contributed by atoms with Crippen LogP contribution in [0.3, 0.4) is 0 Å². The number of ketones is 2. The first-order valence-electron chi connectivity index (χ1n) is 11.8. The van der Waals surface area contributed by atoms with E-state index in [1.807, 2.05) is 13.0 Å². The monoisotopic (exact) mass is 444 g/mol. The minimum absolute atomic E-state index is 0.127. The lowest BCUT2D eigenvalue weighted by molar-refractivity contribution is -0.143. The number of rotatable bonds is 9. The molecule has 3 rings (SSSR count). The topological polar surface area (TPSA) is 52.6 Å². The van der Waals surface area contributed by atoms with Gasteiger partial charge in [0.05, 0.1) is 19.3 Å². The quantitative estimate of drug-likeness (QED) is 0.490. The Hall–Kier alpha value is -1.85. The lowest BCUT2D eigenvalue weighted by atomic mass is 9.67. The van der Waals surface area contributed by atoms with E-state index in [1.54, 1.807) is 13.0 Å². The summed E-state index contributed by atoms with van der Waals surface area (Å²) >= 11 is 0. The molecule has 0 amide bonds. The molecule has 0 saturated carbocycles. The Kier molecular flexibility index (Phi) is 8.40. The van der Waals surface area contributed by atoms with Gasteiger partial charge in [0.1, 0.15) is 18.2 Å². The predicted octanol–water partition coefficient (Wildman–Crippen LogP) is 5.70. The zero-order chi connectivity index (χ0) is 23.3. The van der Waals surface area contributed by atoms with Gasteiger partial charge in [-0.05, 0) is 74.1 Å². The molecule has 0 radical (unpaired) electrons. The molecule has 2 aliphatic rings. The standard InChI is InChI=1S/C27H37FO4/c1-18(12-20(3)29)13-27(14-23(30)16-31-17-27)19(2)15-32-24-10-8-22(9-11-24)25-6-5-7-26(28)21(25)4/h5-8,18-19,24H,9-17H2,1-4H3. The summed E-state index contributed by atoms with van der Waals surface area (Å²) in [5.41, 5.74) is 2.61. The van der Waals surface area contributed by atoms with Crippen LogP contribution in [-0.2, 0) is 19.1 Å². The Morgan fingerprint density at radius 3 is 2.78 bits per heavy atom. The normalized spacial score (nSPS) is 25.8. The fourth-order valence-electron chi connectivity index (χ4n) is 5.39. The average molecular weight is 445 g/mol. The summed E-state index contributed by atoms with van der Waals surface area (Å²) in [6.07, 6.45) is 6.69. The second-order valence-electron chi connectivity index (χ2n) is 10.1. The highest BCUT2D eigenvalue weighted by atomic mass is 19.1. The highest BCUT2D eigenvalue weighted by molar-refractivity contribution is 5.81. The summed E-state index contributed by atoms with van der Waals surface area (Å²) < 4.78 is 25.9. The largest absolute Gasteiger partial charge is 0.378 e. The predicted molar refractivity (Wildman–Crippen MR) is 124 cm³/mol. The maximum absolute atomic E-state index is 13.9. The number of carbonyl (C=O) groups excluding carboxylic acids is 2. The molecule has 4 nitrogen and oxygen atoms in total. The Labute approximate surface area is 191 Å². The first kappa shape index (κ1) is 24.8. The lowest BCUT2D eigenvalue weighted by Crippen LogP contribution is -2.45. The average Bonchev–Trinajstić information content (AvgIpc) is 2.73. The molecular formula is C27H37FO4. The third-order valence-electron chi connectivity index (χ3n) is 7.20. The summed E-state index contributed by atoms with van der Waals surface area (Å²) in [5, 5.41) is 0. The molecule has 1 aromatic carbocycles. The molecule has 1 fully saturated rings.